The molecule has 0 bridgehead atoms. The Hall–Kier alpha value is -2.64. The first-order valence-corrected chi connectivity index (χ1v) is 11.0. The maximum Gasteiger partial charge on any atom is 0.333 e. The molecular weight excluding hydrogens is 409 g/mol. The molecule has 1 heterocycles. The van der Waals surface area contributed by atoms with Crippen LogP contribution in [0.5, 0.6) is 0 Å². The molecule has 0 aliphatic rings. The Labute approximate surface area is 176 Å². The molecule has 29 heavy (non-hydrogen) atoms. The molecule has 0 aliphatic heterocycles. The summed E-state index contributed by atoms with van der Waals surface area (Å²) in [6, 6.07) is 13.8. The number of carbonyl (C=O) groups excluding carboxylic acids is 1. The van der Waals surface area contributed by atoms with Crippen molar-refractivity contribution in [1.82, 2.24) is 4.57 Å². The van der Waals surface area contributed by atoms with Gasteiger partial charge in [0, 0.05) is 4.90 Å². The Morgan fingerprint density at radius 2 is 1.86 bits per heavy atom. The largest absolute Gasteiger partial charge is 0.463 e. The molecule has 0 spiro atoms. The second kappa shape index (κ2) is 9.71. The highest BCUT2D eigenvalue weighted by Gasteiger charge is 2.08. The van der Waals surface area contributed by atoms with Crippen LogP contribution >= 0.6 is 23.1 Å². The molecule has 0 amide bonds. The van der Waals surface area contributed by atoms with Gasteiger partial charge in [0.2, 0.25) is 0 Å². The molecule has 0 unspecified atom stereocenters. The van der Waals surface area contributed by atoms with Gasteiger partial charge in [0.25, 0.3) is 5.56 Å². The van der Waals surface area contributed by atoms with Crippen molar-refractivity contribution in [3.8, 4) is 0 Å². The van der Waals surface area contributed by atoms with Crippen molar-refractivity contribution < 1.29 is 13.9 Å². The van der Waals surface area contributed by atoms with Gasteiger partial charge in [-0.1, -0.05) is 24.3 Å². The van der Waals surface area contributed by atoms with E-state index in [0.717, 1.165) is 16.0 Å². The number of carbonyl (C=O) groups is 1. The van der Waals surface area contributed by atoms with E-state index in [9.17, 15) is 14.0 Å². The first kappa shape index (κ1) is 21.1. The van der Waals surface area contributed by atoms with Gasteiger partial charge in [-0.05, 0) is 54.6 Å². The monoisotopic (exact) mass is 429 g/mol. The van der Waals surface area contributed by atoms with Crippen molar-refractivity contribution in [3.05, 3.63) is 85.0 Å². The van der Waals surface area contributed by atoms with Crippen LogP contribution in [0.4, 0.5) is 4.39 Å². The minimum atomic E-state index is -0.502. The fourth-order valence-corrected chi connectivity index (χ4v) is 4.14. The first-order chi connectivity index (χ1) is 14.0. The van der Waals surface area contributed by atoms with Gasteiger partial charge in [0.05, 0.1) is 23.8 Å². The summed E-state index contributed by atoms with van der Waals surface area (Å²) in [5, 5.41) is 0. The molecule has 0 aliphatic carbocycles. The summed E-state index contributed by atoms with van der Waals surface area (Å²) >= 11 is 2.87. The number of aromatic nitrogens is 1. The molecule has 0 N–H and O–H groups in total. The third-order valence-electron chi connectivity index (χ3n) is 4.13. The Bertz CT molecular complexity index is 1160. The maximum absolute atomic E-state index is 13.2. The summed E-state index contributed by atoms with van der Waals surface area (Å²) in [5.41, 5.74) is 1.46. The predicted molar refractivity (Wildman–Crippen MR) is 116 cm³/mol. The molecular formula is C22H20FNO3S2. The summed E-state index contributed by atoms with van der Waals surface area (Å²) in [4.78, 5) is 26.1. The van der Waals surface area contributed by atoms with E-state index in [2.05, 4.69) is 0 Å². The minimum Gasteiger partial charge on any atom is -0.463 e. The van der Waals surface area contributed by atoms with Crippen LogP contribution in [0, 0.1) is 5.82 Å². The second-order valence-electron chi connectivity index (χ2n) is 6.14. The minimum absolute atomic E-state index is 0.205. The number of halogens is 1. The Kier molecular flexibility index (Phi) is 7.06. The van der Waals surface area contributed by atoms with Crippen LogP contribution in [0.3, 0.4) is 0 Å². The van der Waals surface area contributed by atoms with Gasteiger partial charge >= 0.3 is 5.97 Å². The number of hydrogen-bond acceptors (Lipinski definition) is 5. The van der Waals surface area contributed by atoms with Gasteiger partial charge in [0.15, 0.2) is 0 Å². The van der Waals surface area contributed by atoms with E-state index in [4.69, 9.17) is 4.74 Å². The lowest BCUT2D eigenvalue weighted by molar-refractivity contribution is -0.135. The smallest absolute Gasteiger partial charge is 0.333 e. The lowest BCUT2D eigenvalue weighted by Crippen LogP contribution is -2.32. The van der Waals surface area contributed by atoms with Crippen LogP contribution in [0.25, 0.3) is 12.2 Å². The molecule has 3 aromatic rings. The molecule has 0 saturated carbocycles. The molecule has 3 rings (SSSR count). The number of benzene rings is 2. The zero-order valence-electron chi connectivity index (χ0n) is 16.1. The van der Waals surface area contributed by atoms with Crippen LogP contribution in [-0.4, -0.2) is 23.4 Å². The number of thiazole rings is 1. The fraction of sp³-hybridized carbons (Fsp3) is 0.182. The fourth-order valence-electron chi connectivity index (χ4n) is 2.70. The molecule has 150 valence electrons. The average Bonchev–Trinajstić information content (AvgIpc) is 2.99. The molecule has 0 fully saturated rings. The highest BCUT2D eigenvalue weighted by atomic mass is 32.2. The van der Waals surface area contributed by atoms with Crippen molar-refractivity contribution >= 4 is 41.2 Å². The highest BCUT2D eigenvalue weighted by Crippen LogP contribution is 2.15. The van der Waals surface area contributed by atoms with Gasteiger partial charge in [-0.25, -0.2) is 9.18 Å². The summed E-state index contributed by atoms with van der Waals surface area (Å²) < 4.78 is 20.7. The number of ether oxygens (including phenoxy) is 1. The summed E-state index contributed by atoms with van der Waals surface area (Å²) in [7, 11) is 0. The topological polar surface area (TPSA) is 48.3 Å². The molecule has 1 aromatic heterocycles. The van der Waals surface area contributed by atoms with E-state index in [0.29, 0.717) is 9.20 Å². The maximum atomic E-state index is 13.2. The molecule has 0 radical (unpaired) electrons. The average molecular weight is 430 g/mol. The van der Waals surface area contributed by atoms with Crippen LogP contribution in [0.15, 0.2) is 58.2 Å². The van der Waals surface area contributed by atoms with Gasteiger partial charge in [-0.3, -0.25) is 9.36 Å². The second-order valence-corrected chi connectivity index (χ2v) is 8.08. The number of nitrogens with zero attached hydrogens (tertiary/aromatic N) is 1. The molecule has 4 nitrogen and oxygen atoms in total. The van der Waals surface area contributed by atoms with E-state index in [-0.39, 0.29) is 24.5 Å². The van der Waals surface area contributed by atoms with Crippen molar-refractivity contribution in [3.63, 3.8) is 0 Å². The third kappa shape index (κ3) is 5.46. The molecule has 0 atom stereocenters. The van der Waals surface area contributed by atoms with Gasteiger partial charge in [-0.15, -0.1) is 23.1 Å². The van der Waals surface area contributed by atoms with Crippen molar-refractivity contribution in [2.45, 2.75) is 18.4 Å². The zero-order chi connectivity index (χ0) is 20.8. The first-order valence-electron chi connectivity index (χ1n) is 8.98. The number of thioether (sulfide) groups is 1. The number of esters is 1. The Morgan fingerprint density at radius 1 is 1.17 bits per heavy atom. The van der Waals surface area contributed by atoms with Gasteiger partial charge < -0.3 is 4.74 Å². The van der Waals surface area contributed by atoms with Gasteiger partial charge in [-0.2, -0.15) is 0 Å². The Morgan fingerprint density at radius 3 is 2.48 bits per heavy atom. The van der Waals surface area contributed by atoms with E-state index in [1.807, 2.05) is 30.5 Å². The van der Waals surface area contributed by atoms with Crippen molar-refractivity contribution in [2.24, 2.45) is 0 Å². The quantitative estimate of drug-likeness (QED) is 0.447. The van der Waals surface area contributed by atoms with Gasteiger partial charge in [0.1, 0.15) is 10.5 Å². The summed E-state index contributed by atoms with van der Waals surface area (Å²) in [6.07, 6.45) is 5.14. The molecule has 7 heteroatoms. The number of rotatable bonds is 6. The zero-order valence-corrected chi connectivity index (χ0v) is 17.7. The number of hydrogen-bond donors (Lipinski definition) is 0. The standard InChI is InChI=1S/C22H20FNO3S2/c1-3-27-21(25)13-20-24(14-16-4-8-17(23)9-5-16)22(26)19(29-20)12-15-6-10-18(28-2)11-7-15/h4-13H,3,14H2,1-2H3. The SMILES string of the molecule is CCOC(=O)C=c1sc(=Cc2ccc(SC)cc2)c(=O)n1Cc1ccc(F)cc1. The van der Waals surface area contributed by atoms with E-state index < -0.39 is 5.97 Å². The summed E-state index contributed by atoms with van der Waals surface area (Å²) in [6.45, 7) is 2.22. The van der Waals surface area contributed by atoms with E-state index in [1.165, 1.54) is 34.1 Å². The van der Waals surface area contributed by atoms with Crippen LogP contribution in [0.2, 0.25) is 0 Å². The van der Waals surface area contributed by atoms with E-state index in [1.54, 1.807) is 36.9 Å². The Balaban J connectivity index is 2.09. The third-order valence-corrected chi connectivity index (χ3v) is 5.94. The van der Waals surface area contributed by atoms with Crippen LogP contribution in [-0.2, 0) is 16.1 Å². The van der Waals surface area contributed by atoms with Crippen molar-refractivity contribution in [2.75, 3.05) is 12.9 Å². The lowest BCUT2D eigenvalue weighted by Gasteiger charge is -2.03. The summed E-state index contributed by atoms with van der Waals surface area (Å²) in [5.74, 6) is -0.843. The molecule has 2 aromatic carbocycles. The van der Waals surface area contributed by atoms with Crippen LogP contribution < -0.4 is 14.8 Å². The normalized spacial score (nSPS) is 12.4. The predicted octanol–water partition coefficient (Wildman–Crippen LogP) is 2.99. The lowest BCUT2D eigenvalue weighted by atomic mass is 10.2. The van der Waals surface area contributed by atoms with Crippen molar-refractivity contribution in [1.29, 1.82) is 0 Å². The van der Waals surface area contributed by atoms with Crippen LogP contribution in [0.1, 0.15) is 18.1 Å². The molecule has 0 saturated heterocycles. The van der Waals surface area contributed by atoms with E-state index >= 15 is 0 Å². The highest BCUT2D eigenvalue weighted by molar-refractivity contribution is 7.98.